The van der Waals surface area contributed by atoms with Gasteiger partial charge >= 0.3 is 0 Å². The topological polar surface area (TPSA) is 86.8 Å². The Morgan fingerprint density at radius 2 is 1.56 bits per heavy atom. The molecule has 0 radical (unpaired) electrons. The minimum Gasteiger partial charge on any atom is -0.350 e. The van der Waals surface area contributed by atoms with Gasteiger partial charge in [-0.2, -0.15) is 0 Å². The standard InChI is InChI=1S/C29H33BrClN3O4S/c1-20-10-16-25(17-11-20)39(37,38)34(24-14-12-23(30)13-15-24)19-27(35)33(18-22-8-6-7-9-26(22)31)21(2)28(36)32-29(3,4)5/h6-17,21H,18-19H2,1-5H3,(H,32,36). The maximum absolute atomic E-state index is 13.9. The van der Waals surface area contributed by atoms with Crippen LogP contribution >= 0.6 is 27.5 Å². The number of nitrogens with zero attached hydrogens (tertiary/aromatic N) is 2. The van der Waals surface area contributed by atoms with E-state index < -0.39 is 34.1 Å². The highest BCUT2D eigenvalue weighted by atomic mass is 79.9. The monoisotopic (exact) mass is 633 g/mol. The SMILES string of the molecule is Cc1ccc(S(=O)(=O)N(CC(=O)N(Cc2ccccc2Cl)C(C)C(=O)NC(C)(C)C)c2ccc(Br)cc2)cc1. The van der Waals surface area contributed by atoms with Crippen molar-refractivity contribution in [2.24, 2.45) is 0 Å². The Balaban J connectivity index is 2.04. The average molecular weight is 635 g/mol. The number of amides is 2. The maximum atomic E-state index is 13.9. The summed E-state index contributed by atoms with van der Waals surface area (Å²) in [5, 5.41) is 3.34. The van der Waals surface area contributed by atoms with Crippen LogP contribution in [0.2, 0.25) is 5.02 Å². The van der Waals surface area contributed by atoms with E-state index in [1.165, 1.54) is 17.0 Å². The highest BCUT2D eigenvalue weighted by Crippen LogP contribution is 2.27. The summed E-state index contributed by atoms with van der Waals surface area (Å²) in [5.41, 5.74) is 1.34. The van der Waals surface area contributed by atoms with Gasteiger partial charge in [0.05, 0.1) is 10.6 Å². The molecule has 1 unspecified atom stereocenters. The molecule has 0 aromatic heterocycles. The van der Waals surface area contributed by atoms with Crippen LogP contribution in [0.4, 0.5) is 5.69 Å². The van der Waals surface area contributed by atoms with Crippen molar-refractivity contribution in [3.63, 3.8) is 0 Å². The van der Waals surface area contributed by atoms with Crippen LogP contribution in [0.15, 0.2) is 82.2 Å². The number of halogens is 2. The van der Waals surface area contributed by atoms with Crippen LogP contribution in [-0.2, 0) is 26.2 Å². The van der Waals surface area contributed by atoms with Crippen molar-refractivity contribution in [3.05, 3.63) is 93.4 Å². The highest BCUT2D eigenvalue weighted by Gasteiger charge is 2.33. The Hall–Kier alpha value is -2.88. The smallest absolute Gasteiger partial charge is 0.264 e. The van der Waals surface area contributed by atoms with Gasteiger partial charge in [-0.05, 0) is 82.6 Å². The number of hydrogen-bond donors (Lipinski definition) is 1. The quantitative estimate of drug-likeness (QED) is 0.316. The van der Waals surface area contributed by atoms with E-state index >= 15 is 0 Å². The second kappa shape index (κ2) is 12.5. The van der Waals surface area contributed by atoms with Crippen molar-refractivity contribution in [1.82, 2.24) is 10.2 Å². The number of hydrogen-bond acceptors (Lipinski definition) is 4. The summed E-state index contributed by atoms with van der Waals surface area (Å²) >= 11 is 9.77. The normalized spacial score (nSPS) is 12.5. The molecule has 3 aromatic carbocycles. The summed E-state index contributed by atoms with van der Waals surface area (Å²) in [5.74, 6) is -0.912. The number of sulfonamides is 1. The number of carbonyl (C=O) groups excluding carboxylic acids is 2. The van der Waals surface area contributed by atoms with Gasteiger partial charge in [0.25, 0.3) is 10.0 Å². The minimum atomic E-state index is -4.12. The number of carbonyl (C=O) groups is 2. The molecule has 0 fully saturated rings. The highest BCUT2D eigenvalue weighted by molar-refractivity contribution is 9.10. The van der Waals surface area contributed by atoms with E-state index in [4.69, 9.17) is 11.6 Å². The van der Waals surface area contributed by atoms with E-state index in [1.807, 2.05) is 27.7 Å². The lowest BCUT2D eigenvalue weighted by molar-refractivity contribution is -0.140. The second-order valence-corrected chi connectivity index (χ2v) is 13.5. The summed E-state index contributed by atoms with van der Waals surface area (Å²) in [6, 6.07) is 19.2. The summed E-state index contributed by atoms with van der Waals surface area (Å²) in [4.78, 5) is 28.5. The van der Waals surface area contributed by atoms with Gasteiger partial charge in [0.2, 0.25) is 11.8 Å². The molecule has 10 heteroatoms. The number of benzene rings is 3. The maximum Gasteiger partial charge on any atom is 0.264 e. The molecule has 2 amide bonds. The van der Waals surface area contributed by atoms with E-state index in [9.17, 15) is 18.0 Å². The van der Waals surface area contributed by atoms with Crippen molar-refractivity contribution in [1.29, 1.82) is 0 Å². The predicted octanol–water partition coefficient (Wildman–Crippen LogP) is 5.94. The molecule has 208 valence electrons. The Morgan fingerprint density at radius 3 is 2.13 bits per heavy atom. The molecule has 1 atom stereocenters. The summed E-state index contributed by atoms with van der Waals surface area (Å²) in [6.07, 6.45) is 0. The molecule has 3 aromatic rings. The summed E-state index contributed by atoms with van der Waals surface area (Å²) < 4.78 is 29.5. The van der Waals surface area contributed by atoms with Crippen molar-refractivity contribution in [3.8, 4) is 0 Å². The van der Waals surface area contributed by atoms with E-state index in [-0.39, 0.29) is 17.3 Å². The molecule has 0 bridgehead atoms. The molecule has 3 rings (SSSR count). The van der Waals surface area contributed by atoms with Crippen molar-refractivity contribution in [2.45, 2.75) is 57.6 Å². The van der Waals surface area contributed by atoms with E-state index in [2.05, 4.69) is 21.2 Å². The van der Waals surface area contributed by atoms with Gasteiger partial charge in [0, 0.05) is 21.6 Å². The number of rotatable bonds is 9. The first-order chi connectivity index (χ1) is 18.2. The lowest BCUT2D eigenvalue weighted by atomic mass is 10.1. The van der Waals surface area contributed by atoms with Gasteiger partial charge in [-0.3, -0.25) is 13.9 Å². The summed E-state index contributed by atoms with van der Waals surface area (Å²) in [6.45, 7) is 8.53. The molecule has 0 aliphatic rings. The molecule has 0 aliphatic heterocycles. The van der Waals surface area contributed by atoms with Crippen LogP contribution in [0.3, 0.4) is 0 Å². The molecular formula is C29H33BrClN3O4S. The van der Waals surface area contributed by atoms with Gasteiger partial charge in [0.15, 0.2) is 0 Å². The molecule has 0 saturated heterocycles. The van der Waals surface area contributed by atoms with Crippen molar-refractivity contribution in [2.75, 3.05) is 10.8 Å². The Labute approximate surface area is 244 Å². The van der Waals surface area contributed by atoms with E-state index in [1.54, 1.807) is 67.6 Å². The molecule has 0 aliphatic carbocycles. The van der Waals surface area contributed by atoms with Gasteiger partial charge in [-0.25, -0.2) is 8.42 Å². The van der Waals surface area contributed by atoms with Crippen molar-refractivity contribution >= 4 is 55.1 Å². The van der Waals surface area contributed by atoms with Crippen LogP contribution in [0, 0.1) is 6.92 Å². The fourth-order valence-electron chi connectivity index (χ4n) is 3.84. The second-order valence-electron chi connectivity index (χ2n) is 10.3. The molecule has 1 N–H and O–H groups in total. The molecule has 0 saturated carbocycles. The zero-order valence-electron chi connectivity index (χ0n) is 22.6. The third-order valence-electron chi connectivity index (χ3n) is 5.97. The lowest BCUT2D eigenvalue weighted by Crippen LogP contribution is -2.54. The molecule has 39 heavy (non-hydrogen) atoms. The number of nitrogens with one attached hydrogen (secondary N) is 1. The number of anilines is 1. The minimum absolute atomic E-state index is 0.0238. The van der Waals surface area contributed by atoms with Crippen LogP contribution < -0.4 is 9.62 Å². The van der Waals surface area contributed by atoms with Gasteiger partial charge < -0.3 is 10.2 Å². The first kappa shape index (κ1) is 30.7. The average Bonchev–Trinajstić information content (AvgIpc) is 2.86. The van der Waals surface area contributed by atoms with Crippen LogP contribution in [0.1, 0.15) is 38.8 Å². The zero-order chi connectivity index (χ0) is 29.0. The Kier molecular flexibility index (Phi) is 9.85. The lowest BCUT2D eigenvalue weighted by Gasteiger charge is -2.33. The van der Waals surface area contributed by atoms with E-state index in [0.29, 0.717) is 16.3 Å². The largest absolute Gasteiger partial charge is 0.350 e. The third kappa shape index (κ3) is 8.06. The first-order valence-electron chi connectivity index (χ1n) is 12.4. The first-order valence-corrected chi connectivity index (χ1v) is 15.0. The van der Waals surface area contributed by atoms with Crippen LogP contribution in [0.25, 0.3) is 0 Å². The molecule has 7 nitrogen and oxygen atoms in total. The zero-order valence-corrected chi connectivity index (χ0v) is 25.8. The summed E-state index contributed by atoms with van der Waals surface area (Å²) in [7, 11) is -4.12. The van der Waals surface area contributed by atoms with Crippen LogP contribution in [0.5, 0.6) is 0 Å². The Bertz CT molecular complexity index is 1420. The van der Waals surface area contributed by atoms with Gasteiger partial charge in [-0.1, -0.05) is 63.4 Å². The molecule has 0 spiro atoms. The third-order valence-corrected chi connectivity index (χ3v) is 8.65. The van der Waals surface area contributed by atoms with Crippen LogP contribution in [-0.4, -0.2) is 43.3 Å². The van der Waals surface area contributed by atoms with E-state index in [0.717, 1.165) is 14.3 Å². The molecule has 0 heterocycles. The van der Waals surface area contributed by atoms with Gasteiger partial charge in [-0.15, -0.1) is 0 Å². The number of aryl methyl sites for hydroxylation is 1. The van der Waals surface area contributed by atoms with Crippen molar-refractivity contribution < 1.29 is 18.0 Å². The Morgan fingerprint density at radius 1 is 0.974 bits per heavy atom. The molecular weight excluding hydrogens is 602 g/mol. The fraction of sp³-hybridized carbons (Fsp3) is 0.310. The predicted molar refractivity (Wildman–Crippen MR) is 159 cm³/mol. The van der Waals surface area contributed by atoms with Gasteiger partial charge in [0.1, 0.15) is 12.6 Å². The fourth-order valence-corrected chi connectivity index (χ4v) is 5.71.